The summed E-state index contributed by atoms with van der Waals surface area (Å²) in [5.74, 6) is 0.981. The third-order valence-electron chi connectivity index (χ3n) is 4.46. The van der Waals surface area contributed by atoms with Crippen molar-refractivity contribution in [3.05, 3.63) is 0 Å². The number of carbonyl (C=O) groups is 1. The summed E-state index contributed by atoms with van der Waals surface area (Å²) in [6.07, 6.45) is 2.32. The van der Waals surface area contributed by atoms with E-state index in [2.05, 4.69) is 37.9 Å². The van der Waals surface area contributed by atoms with Gasteiger partial charge in [0.2, 0.25) is 5.91 Å². The lowest BCUT2D eigenvalue weighted by atomic mass is 9.91. The number of nitrogens with one attached hydrogen (secondary N) is 1. The zero-order valence-corrected chi connectivity index (χ0v) is 10.9. The van der Waals surface area contributed by atoms with Crippen molar-refractivity contribution < 1.29 is 4.79 Å². The van der Waals surface area contributed by atoms with Crippen LogP contribution in [-0.4, -0.2) is 35.5 Å². The molecule has 1 N–H and O–H groups in total. The number of amides is 1. The number of carbonyl (C=O) groups excluding carboxylic acids is 1. The van der Waals surface area contributed by atoms with E-state index in [1.54, 1.807) is 0 Å². The van der Waals surface area contributed by atoms with Gasteiger partial charge in [-0.2, -0.15) is 0 Å². The largest absolute Gasteiger partial charge is 0.337 e. The normalized spacial score (nSPS) is 37.2. The van der Waals surface area contributed by atoms with Crippen LogP contribution in [0.5, 0.6) is 0 Å². The van der Waals surface area contributed by atoms with Gasteiger partial charge in [-0.05, 0) is 32.6 Å². The van der Waals surface area contributed by atoms with Gasteiger partial charge in [0, 0.05) is 30.6 Å². The Morgan fingerprint density at radius 2 is 1.75 bits per heavy atom. The van der Waals surface area contributed by atoms with Crippen LogP contribution in [0.25, 0.3) is 0 Å². The maximum absolute atomic E-state index is 12.4. The molecule has 0 aromatic heterocycles. The molecule has 5 atom stereocenters. The molecule has 2 saturated heterocycles. The van der Waals surface area contributed by atoms with Crippen molar-refractivity contribution in [3.63, 3.8) is 0 Å². The van der Waals surface area contributed by atoms with E-state index in [4.69, 9.17) is 0 Å². The minimum Gasteiger partial charge on any atom is -0.337 e. The van der Waals surface area contributed by atoms with E-state index in [-0.39, 0.29) is 5.92 Å². The summed E-state index contributed by atoms with van der Waals surface area (Å²) in [7, 11) is 0. The van der Waals surface area contributed by atoms with Gasteiger partial charge in [-0.15, -0.1) is 0 Å². The third-order valence-corrected chi connectivity index (χ3v) is 4.46. The molecular formula is C13H24N2O. The summed E-state index contributed by atoms with van der Waals surface area (Å²) in [4.78, 5) is 14.6. The highest BCUT2D eigenvalue weighted by Crippen LogP contribution is 2.29. The Morgan fingerprint density at radius 3 is 2.19 bits per heavy atom. The number of rotatable bonds is 3. The highest BCUT2D eigenvalue weighted by molar-refractivity contribution is 5.79. The summed E-state index contributed by atoms with van der Waals surface area (Å²) in [5, 5.41) is 3.31. The Hall–Kier alpha value is -0.570. The monoisotopic (exact) mass is 224 g/mol. The van der Waals surface area contributed by atoms with E-state index in [0.717, 1.165) is 19.4 Å². The molecule has 2 aliphatic heterocycles. The average Bonchev–Trinajstić information content (AvgIpc) is 3.03. The molecule has 3 heteroatoms. The predicted molar refractivity (Wildman–Crippen MR) is 65.1 cm³/mol. The lowest BCUT2D eigenvalue weighted by Crippen LogP contribution is -2.44. The lowest BCUT2D eigenvalue weighted by Gasteiger charge is -2.31. The molecule has 3 nitrogen and oxygen atoms in total. The topological polar surface area (TPSA) is 42.2 Å². The van der Waals surface area contributed by atoms with Crippen LogP contribution in [0.2, 0.25) is 0 Å². The Kier molecular flexibility index (Phi) is 3.24. The fourth-order valence-corrected chi connectivity index (χ4v) is 2.88. The molecule has 4 unspecified atom stereocenters. The van der Waals surface area contributed by atoms with Crippen LogP contribution in [0.15, 0.2) is 0 Å². The Balaban J connectivity index is 1.99. The molecule has 0 bridgehead atoms. The third kappa shape index (κ3) is 2.10. The van der Waals surface area contributed by atoms with Crippen LogP contribution in [0.4, 0.5) is 0 Å². The molecule has 16 heavy (non-hydrogen) atoms. The first kappa shape index (κ1) is 11.9. The van der Waals surface area contributed by atoms with Gasteiger partial charge < -0.3 is 10.2 Å². The highest BCUT2D eigenvalue weighted by atomic mass is 16.2. The Morgan fingerprint density at radius 1 is 1.25 bits per heavy atom. The molecule has 0 aromatic rings. The molecule has 0 aliphatic carbocycles. The van der Waals surface area contributed by atoms with Gasteiger partial charge in [0.15, 0.2) is 0 Å². The van der Waals surface area contributed by atoms with Crippen LogP contribution < -0.4 is 5.32 Å². The quantitative estimate of drug-likeness (QED) is 0.740. The van der Waals surface area contributed by atoms with E-state index in [9.17, 15) is 4.79 Å². The van der Waals surface area contributed by atoms with Crippen LogP contribution in [0.1, 0.15) is 40.5 Å². The van der Waals surface area contributed by atoms with Crippen molar-refractivity contribution in [1.29, 1.82) is 0 Å². The fourth-order valence-electron chi connectivity index (χ4n) is 2.88. The summed E-state index contributed by atoms with van der Waals surface area (Å²) in [5.41, 5.74) is 0. The number of nitrogens with zero attached hydrogens (tertiary/aromatic N) is 1. The number of hydrogen-bond donors (Lipinski definition) is 1. The predicted octanol–water partition coefficient (Wildman–Crippen LogP) is 1.63. The second kappa shape index (κ2) is 4.36. The summed E-state index contributed by atoms with van der Waals surface area (Å²) in [6, 6.07) is 1.45. The van der Waals surface area contributed by atoms with Gasteiger partial charge in [0.05, 0.1) is 0 Å². The van der Waals surface area contributed by atoms with E-state index in [0.29, 0.717) is 30.0 Å². The molecule has 2 heterocycles. The van der Waals surface area contributed by atoms with Gasteiger partial charge in [-0.1, -0.05) is 13.8 Å². The van der Waals surface area contributed by atoms with Crippen LogP contribution >= 0.6 is 0 Å². The molecule has 2 aliphatic rings. The molecular weight excluding hydrogens is 200 g/mol. The van der Waals surface area contributed by atoms with Crippen molar-refractivity contribution in [1.82, 2.24) is 10.2 Å². The van der Waals surface area contributed by atoms with Crippen LogP contribution in [0, 0.1) is 11.8 Å². The number of hydrogen-bond acceptors (Lipinski definition) is 2. The Labute approximate surface area is 98.6 Å². The molecule has 2 rings (SSSR count). The first-order valence-electron chi connectivity index (χ1n) is 6.58. The summed E-state index contributed by atoms with van der Waals surface area (Å²) >= 11 is 0. The second-order valence-electron chi connectivity index (χ2n) is 5.68. The van der Waals surface area contributed by atoms with Crippen molar-refractivity contribution in [2.24, 2.45) is 11.8 Å². The minimum absolute atomic E-state index is 0.156. The lowest BCUT2D eigenvalue weighted by molar-refractivity contribution is -0.138. The van der Waals surface area contributed by atoms with Crippen molar-refractivity contribution >= 4 is 5.91 Å². The smallest absolute Gasteiger partial charge is 0.226 e. The van der Waals surface area contributed by atoms with Gasteiger partial charge in [0.1, 0.15) is 0 Å². The van der Waals surface area contributed by atoms with Crippen LogP contribution in [-0.2, 0) is 4.79 Å². The van der Waals surface area contributed by atoms with E-state index >= 15 is 0 Å². The molecule has 1 amide bonds. The molecule has 0 saturated carbocycles. The zero-order chi connectivity index (χ0) is 11.9. The van der Waals surface area contributed by atoms with Crippen LogP contribution in [0.3, 0.4) is 0 Å². The zero-order valence-electron chi connectivity index (χ0n) is 10.9. The maximum atomic E-state index is 12.4. The molecule has 0 spiro atoms. The van der Waals surface area contributed by atoms with Gasteiger partial charge in [-0.25, -0.2) is 0 Å². The van der Waals surface area contributed by atoms with Gasteiger partial charge >= 0.3 is 0 Å². The first-order chi connectivity index (χ1) is 7.52. The molecule has 0 radical (unpaired) electrons. The molecule has 2 fully saturated rings. The number of likely N-dealkylation sites (tertiary alicyclic amines) is 1. The van der Waals surface area contributed by atoms with E-state index in [1.807, 2.05) is 0 Å². The SMILES string of the molecule is CC(C(=O)N1C(C)CC[C@H]1C)C(C)C1CN1. The Bertz CT molecular complexity index is 265. The minimum atomic E-state index is 0.156. The molecule has 0 aromatic carbocycles. The maximum Gasteiger partial charge on any atom is 0.226 e. The van der Waals surface area contributed by atoms with Crippen molar-refractivity contribution in [2.45, 2.75) is 58.7 Å². The van der Waals surface area contributed by atoms with Gasteiger partial charge in [0.25, 0.3) is 0 Å². The van der Waals surface area contributed by atoms with E-state index in [1.165, 1.54) is 0 Å². The highest BCUT2D eigenvalue weighted by Gasteiger charge is 2.39. The van der Waals surface area contributed by atoms with Crippen molar-refractivity contribution in [2.75, 3.05) is 6.54 Å². The second-order valence-corrected chi connectivity index (χ2v) is 5.68. The fraction of sp³-hybridized carbons (Fsp3) is 0.923. The first-order valence-corrected chi connectivity index (χ1v) is 6.58. The van der Waals surface area contributed by atoms with E-state index < -0.39 is 0 Å². The standard InChI is InChI=1S/C13H24N2O/c1-8-5-6-9(2)15(8)13(16)11(4)10(3)12-7-14-12/h8-12,14H,5-7H2,1-4H3/t8-,9?,10?,11?,12?/m1/s1. The van der Waals surface area contributed by atoms with Crippen molar-refractivity contribution in [3.8, 4) is 0 Å². The summed E-state index contributed by atoms with van der Waals surface area (Å²) in [6.45, 7) is 9.72. The summed E-state index contributed by atoms with van der Waals surface area (Å²) < 4.78 is 0. The van der Waals surface area contributed by atoms with Gasteiger partial charge in [-0.3, -0.25) is 4.79 Å². The average molecular weight is 224 g/mol. The molecule has 92 valence electrons.